The molecule has 0 aliphatic rings. The zero-order chi connectivity index (χ0) is 33.6. The van der Waals surface area contributed by atoms with Gasteiger partial charge in [0.15, 0.2) is 0 Å². The van der Waals surface area contributed by atoms with Crippen LogP contribution in [0.5, 0.6) is 0 Å². The number of amides is 1. The lowest BCUT2D eigenvalue weighted by Crippen LogP contribution is -2.46. The van der Waals surface area contributed by atoms with Gasteiger partial charge in [0.25, 0.3) is 0 Å². The minimum absolute atomic E-state index is 0.171. The highest BCUT2D eigenvalue weighted by Crippen LogP contribution is 2.46. The second kappa shape index (κ2) is 14.8. The SMILES string of the molecule is CC(C(Cc1ccc(-c2ccccc2)cc1)c1ccc(Cl)c(Cl)c1)C(CC(=O)O)(CC(=O)NCc1ccc2ccccc2c1)C(=O)O. The van der Waals surface area contributed by atoms with Gasteiger partial charge in [-0.25, -0.2) is 0 Å². The van der Waals surface area contributed by atoms with Gasteiger partial charge in [-0.2, -0.15) is 0 Å². The van der Waals surface area contributed by atoms with Crippen LogP contribution < -0.4 is 5.32 Å². The molecule has 0 heterocycles. The molecule has 5 aromatic carbocycles. The third kappa shape index (κ3) is 8.02. The summed E-state index contributed by atoms with van der Waals surface area (Å²) in [5.74, 6) is -4.53. The van der Waals surface area contributed by atoms with Gasteiger partial charge in [-0.15, -0.1) is 0 Å². The van der Waals surface area contributed by atoms with Gasteiger partial charge in [-0.1, -0.05) is 127 Å². The molecule has 6 nitrogen and oxygen atoms in total. The minimum atomic E-state index is -1.93. The van der Waals surface area contributed by atoms with Gasteiger partial charge in [-0.3, -0.25) is 14.4 Å². The summed E-state index contributed by atoms with van der Waals surface area (Å²) in [6.07, 6.45) is -0.882. The van der Waals surface area contributed by atoms with Gasteiger partial charge >= 0.3 is 11.9 Å². The summed E-state index contributed by atoms with van der Waals surface area (Å²) in [4.78, 5) is 38.9. The van der Waals surface area contributed by atoms with Gasteiger partial charge in [0.1, 0.15) is 0 Å². The number of hydrogen-bond donors (Lipinski definition) is 3. The summed E-state index contributed by atoms with van der Waals surface area (Å²) in [7, 11) is 0. The molecule has 5 rings (SSSR count). The average Bonchev–Trinajstić information content (AvgIpc) is 3.07. The number of carboxylic acids is 2. The molecule has 5 aromatic rings. The first kappa shape index (κ1) is 33.7. The Morgan fingerprint density at radius 1 is 0.702 bits per heavy atom. The van der Waals surface area contributed by atoms with E-state index in [-0.39, 0.29) is 6.54 Å². The van der Waals surface area contributed by atoms with Crippen molar-refractivity contribution in [3.8, 4) is 11.1 Å². The molecular formula is C39H35Cl2NO5. The fourth-order valence-corrected chi connectivity index (χ4v) is 6.63. The number of carbonyl (C=O) groups is 3. The van der Waals surface area contributed by atoms with E-state index in [2.05, 4.69) is 5.32 Å². The van der Waals surface area contributed by atoms with E-state index >= 15 is 0 Å². The summed E-state index contributed by atoms with van der Waals surface area (Å²) < 4.78 is 0. The number of halogens is 2. The third-order valence-corrected chi connectivity index (χ3v) is 9.77. The predicted octanol–water partition coefficient (Wildman–Crippen LogP) is 9.03. The van der Waals surface area contributed by atoms with Crippen molar-refractivity contribution < 1.29 is 24.6 Å². The molecule has 0 bridgehead atoms. The fourth-order valence-electron chi connectivity index (χ4n) is 6.33. The van der Waals surface area contributed by atoms with Crippen LogP contribution in [0.4, 0.5) is 0 Å². The molecular weight excluding hydrogens is 633 g/mol. The maximum Gasteiger partial charge on any atom is 0.311 e. The summed E-state index contributed by atoms with van der Waals surface area (Å²) in [5, 5.41) is 26.3. The Morgan fingerprint density at radius 2 is 1.34 bits per heavy atom. The Bertz CT molecular complexity index is 1890. The first-order valence-corrected chi connectivity index (χ1v) is 16.1. The number of fused-ring (bicyclic) bond motifs is 1. The zero-order valence-electron chi connectivity index (χ0n) is 25.8. The molecule has 0 fully saturated rings. The molecule has 0 spiro atoms. The summed E-state index contributed by atoms with van der Waals surface area (Å²) in [6.45, 7) is 1.88. The van der Waals surface area contributed by atoms with Crippen molar-refractivity contribution in [1.29, 1.82) is 0 Å². The topological polar surface area (TPSA) is 104 Å². The summed E-state index contributed by atoms with van der Waals surface area (Å²) in [6, 6.07) is 36.7. The van der Waals surface area contributed by atoms with Crippen LogP contribution in [0.3, 0.4) is 0 Å². The molecule has 3 N–H and O–H groups in total. The van der Waals surface area contributed by atoms with Crippen molar-refractivity contribution in [2.75, 3.05) is 0 Å². The van der Waals surface area contributed by atoms with Crippen LogP contribution in [0.2, 0.25) is 10.0 Å². The van der Waals surface area contributed by atoms with Crippen molar-refractivity contribution >= 4 is 51.8 Å². The lowest BCUT2D eigenvalue weighted by Gasteiger charge is -2.39. The van der Waals surface area contributed by atoms with Crippen molar-refractivity contribution in [3.63, 3.8) is 0 Å². The highest BCUT2D eigenvalue weighted by atomic mass is 35.5. The summed E-state index contributed by atoms with van der Waals surface area (Å²) in [5.41, 5.74) is 2.63. The molecule has 47 heavy (non-hydrogen) atoms. The van der Waals surface area contributed by atoms with Gasteiger partial charge in [0.2, 0.25) is 5.91 Å². The van der Waals surface area contributed by atoms with Crippen molar-refractivity contribution in [1.82, 2.24) is 5.32 Å². The quantitative estimate of drug-likeness (QED) is 0.116. The molecule has 8 heteroatoms. The minimum Gasteiger partial charge on any atom is -0.481 e. The molecule has 3 unspecified atom stereocenters. The van der Waals surface area contributed by atoms with Gasteiger partial charge in [-0.05, 0) is 75.0 Å². The average molecular weight is 669 g/mol. The fraction of sp³-hybridized carbons (Fsp3) is 0.205. The van der Waals surface area contributed by atoms with E-state index in [0.29, 0.717) is 22.0 Å². The standard InChI is InChI=1S/C39H35Cl2NO5/c1-25(33(32-17-18-34(40)35(41)21-32)20-26-11-14-30(15-12-26)28-7-3-2-4-8-28)39(38(46)47,23-37(44)45)22-36(43)42-24-27-13-16-29-9-5-6-10-31(29)19-27/h2-19,21,25,33H,20,22-24H2,1H3,(H,42,43)(H,44,45)(H,46,47). The van der Waals surface area contributed by atoms with E-state index in [1.807, 2.05) is 97.1 Å². The summed E-state index contributed by atoms with van der Waals surface area (Å²) >= 11 is 12.7. The van der Waals surface area contributed by atoms with Crippen LogP contribution in [0.15, 0.2) is 115 Å². The predicted molar refractivity (Wildman–Crippen MR) is 187 cm³/mol. The monoisotopic (exact) mass is 667 g/mol. The molecule has 0 aliphatic carbocycles. The maximum atomic E-state index is 13.5. The Hall–Kier alpha value is -4.65. The maximum absolute atomic E-state index is 13.5. The van der Waals surface area contributed by atoms with E-state index in [1.54, 1.807) is 25.1 Å². The number of nitrogens with one attached hydrogen (secondary N) is 1. The second-order valence-corrected chi connectivity index (χ2v) is 12.8. The lowest BCUT2D eigenvalue weighted by molar-refractivity contribution is -0.162. The number of aliphatic carboxylic acids is 2. The van der Waals surface area contributed by atoms with Crippen LogP contribution in [-0.4, -0.2) is 28.1 Å². The van der Waals surface area contributed by atoms with Gasteiger partial charge < -0.3 is 15.5 Å². The number of hydrogen-bond acceptors (Lipinski definition) is 3. The molecule has 240 valence electrons. The zero-order valence-corrected chi connectivity index (χ0v) is 27.3. The number of benzene rings is 5. The molecule has 3 atom stereocenters. The molecule has 0 aromatic heterocycles. The molecule has 0 saturated carbocycles. The van der Waals surface area contributed by atoms with E-state index in [1.165, 1.54) is 0 Å². The van der Waals surface area contributed by atoms with Crippen LogP contribution in [0, 0.1) is 11.3 Å². The molecule has 0 aliphatic heterocycles. The number of rotatable bonds is 13. The third-order valence-electron chi connectivity index (χ3n) is 9.04. The molecule has 0 radical (unpaired) electrons. The Morgan fingerprint density at radius 3 is 2.00 bits per heavy atom. The Kier molecular flexibility index (Phi) is 10.6. The van der Waals surface area contributed by atoms with Crippen LogP contribution in [-0.2, 0) is 27.3 Å². The van der Waals surface area contributed by atoms with E-state index in [4.69, 9.17) is 23.2 Å². The first-order chi connectivity index (χ1) is 22.6. The van der Waals surface area contributed by atoms with Crippen LogP contribution in [0.25, 0.3) is 21.9 Å². The number of carboxylic acid groups (broad SMARTS) is 2. The highest BCUT2D eigenvalue weighted by molar-refractivity contribution is 6.42. The highest BCUT2D eigenvalue weighted by Gasteiger charge is 2.50. The van der Waals surface area contributed by atoms with Gasteiger partial charge in [0, 0.05) is 13.0 Å². The van der Waals surface area contributed by atoms with Crippen molar-refractivity contribution in [3.05, 3.63) is 142 Å². The smallest absolute Gasteiger partial charge is 0.311 e. The Balaban J connectivity index is 1.45. The second-order valence-electron chi connectivity index (χ2n) is 12.0. The number of carbonyl (C=O) groups excluding carboxylic acids is 1. The lowest BCUT2D eigenvalue weighted by atomic mass is 9.63. The molecule has 1 amide bonds. The van der Waals surface area contributed by atoms with E-state index < -0.39 is 47.9 Å². The largest absolute Gasteiger partial charge is 0.481 e. The molecule has 0 saturated heterocycles. The van der Waals surface area contributed by atoms with E-state index in [0.717, 1.165) is 33.0 Å². The normalized spacial score (nSPS) is 13.8. The van der Waals surface area contributed by atoms with Crippen LogP contribution in [0.1, 0.15) is 42.4 Å². The Labute approximate surface area is 284 Å². The first-order valence-electron chi connectivity index (χ1n) is 15.3. The van der Waals surface area contributed by atoms with Crippen molar-refractivity contribution in [2.45, 2.75) is 38.6 Å². The van der Waals surface area contributed by atoms with E-state index in [9.17, 15) is 24.6 Å². The van der Waals surface area contributed by atoms with Gasteiger partial charge in [0.05, 0.1) is 21.9 Å². The van der Waals surface area contributed by atoms with Crippen LogP contribution >= 0.6 is 23.2 Å². The van der Waals surface area contributed by atoms with Crippen molar-refractivity contribution in [2.24, 2.45) is 11.3 Å².